The average Bonchev–Trinajstić information content (AvgIpc) is 2.40. The molecule has 115 valence electrons. The van der Waals surface area contributed by atoms with Crippen LogP contribution in [0.5, 0.6) is 0 Å². The van der Waals surface area contributed by atoms with Crippen LogP contribution in [0.15, 0.2) is 42.6 Å². The van der Waals surface area contributed by atoms with Gasteiger partial charge >= 0.3 is 0 Å². The van der Waals surface area contributed by atoms with Gasteiger partial charge in [0.15, 0.2) is 0 Å². The molecule has 0 bridgehead atoms. The predicted octanol–water partition coefficient (Wildman–Crippen LogP) is 3.20. The molecule has 1 N–H and O–H groups in total. The maximum Gasteiger partial charge on any atom is 0.132 e. The Kier molecular flexibility index (Phi) is 9.72. The summed E-state index contributed by atoms with van der Waals surface area (Å²) in [5, 5.41) is 8.50. The molecule has 0 spiro atoms. The summed E-state index contributed by atoms with van der Waals surface area (Å²) in [6, 6.07) is 15.2. The molecule has 0 aliphatic carbocycles. The summed E-state index contributed by atoms with van der Waals surface area (Å²) in [4.78, 5) is 14.3. The van der Waals surface area contributed by atoms with E-state index in [0.29, 0.717) is 0 Å². The quantitative estimate of drug-likeness (QED) is 0.713. The Labute approximate surface area is 139 Å². The number of pyridine rings is 1. The van der Waals surface area contributed by atoms with Crippen LogP contribution < -0.4 is 0 Å². The molecule has 1 heterocycles. The molecule has 0 amide bonds. The predicted molar refractivity (Wildman–Crippen MR) is 80.2 cm³/mol. The van der Waals surface area contributed by atoms with Crippen LogP contribution in [-0.4, -0.2) is 22.0 Å². The normalized spacial score (nSPS) is 10.7. The SMILES string of the molecule is CC(=O)CC(C)O.Cc1c[c-]c(-c2ccccn2)cc1.[Ir]. The van der Waals surface area contributed by atoms with E-state index in [9.17, 15) is 4.79 Å². The third-order valence-electron chi connectivity index (χ3n) is 2.49. The number of carbonyl (C=O) groups excluding carboxylic acids is 1. The molecule has 1 unspecified atom stereocenters. The molecule has 1 radical (unpaired) electrons. The van der Waals surface area contributed by atoms with Crippen LogP contribution in [0.2, 0.25) is 0 Å². The number of hydrogen-bond donors (Lipinski definition) is 1. The number of aliphatic hydroxyl groups is 1. The molecule has 3 nitrogen and oxygen atoms in total. The molecule has 1 aromatic heterocycles. The van der Waals surface area contributed by atoms with E-state index in [1.54, 1.807) is 13.1 Å². The van der Waals surface area contributed by atoms with Crippen molar-refractivity contribution in [2.45, 2.75) is 33.3 Å². The Balaban J connectivity index is 0.000000436. The van der Waals surface area contributed by atoms with Gasteiger partial charge in [0, 0.05) is 32.7 Å². The van der Waals surface area contributed by atoms with Gasteiger partial charge in [-0.1, -0.05) is 19.1 Å². The van der Waals surface area contributed by atoms with Crippen molar-refractivity contribution in [3.05, 3.63) is 54.2 Å². The summed E-state index contributed by atoms with van der Waals surface area (Å²) < 4.78 is 0. The van der Waals surface area contributed by atoms with Crippen molar-refractivity contribution in [2.75, 3.05) is 0 Å². The van der Waals surface area contributed by atoms with Crippen molar-refractivity contribution < 1.29 is 30.0 Å². The van der Waals surface area contributed by atoms with E-state index in [2.05, 4.69) is 24.0 Å². The second kappa shape index (κ2) is 10.4. The Morgan fingerprint density at radius 2 is 2.05 bits per heavy atom. The molecule has 2 aromatic rings. The van der Waals surface area contributed by atoms with Crippen LogP contribution >= 0.6 is 0 Å². The van der Waals surface area contributed by atoms with Gasteiger partial charge in [-0.15, -0.1) is 35.4 Å². The summed E-state index contributed by atoms with van der Waals surface area (Å²) in [5.74, 6) is 0.0370. The van der Waals surface area contributed by atoms with Gasteiger partial charge in [0.05, 0.1) is 6.10 Å². The van der Waals surface area contributed by atoms with Crippen molar-refractivity contribution >= 4 is 5.78 Å². The maximum absolute atomic E-state index is 10.1. The van der Waals surface area contributed by atoms with Crippen LogP contribution in [0.25, 0.3) is 11.3 Å². The monoisotopic (exact) mass is 463 g/mol. The number of hydrogen-bond acceptors (Lipinski definition) is 3. The van der Waals surface area contributed by atoms with Gasteiger partial charge in [0.25, 0.3) is 0 Å². The first-order valence-corrected chi connectivity index (χ1v) is 6.56. The molecule has 0 saturated carbocycles. The zero-order valence-electron chi connectivity index (χ0n) is 12.5. The van der Waals surface area contributed by atoms with E-state index < -0.39 is 6.10 Å². The van der Waals surface area contributed by atoms with Gasteiger partial charge in [-0.3, -0.25) is 4.79 Å². The number of ketones is 1. The number of aliphatic hydroxyl groups excluding tert-OH is 1. The Morgan fingerprint density at radius 3 is 2.43 bits per heavy atom. The largest absolute Gasteiger partial charge is 0.393 e. The van der Waals surface area contributed by atoms with Crippen LogP contribution in [0.4, 0.5) is 0 Å². The third kappa shape index (κ3) is 8.51. The first-order valence-electron chi connectivity index (χ1n) is 6.56. The third-order valence-corrected chi connectivity index (χ3v) is 2.49. The molecule has 4 heteroatoms. The smallest absolute Gasteiger partial charge is 0.132 e. The molecule has 0 fully saturated rings. The molecule has 21 heavy (non-hydrogen) atoms. The minimum absolute atomic E-state index is 0. The van der Waals surface area contributed by atoms with Crippen LogP contribution in [0.3, 0.4) is 0 Å². The number of rotatable bonds is 3. The Hall–Kier alpha value is -1.35. The van der Waals surface area contributed by atoms with Gasteiger partial charge in [-0.25, -0.2) is 0 Å². The molecular weight excluding hydrogens is 442 g/mol. The molecular formula is C17H20IrNO2-. The fourth-order valence-electron chi connectivity index (χ4n) is 1.60. The number of nitrogens with zero attached hydrogens (tertiary/aromatic N) is 1. The summed E-state index contributed by atoms with van der Waals surface area (Å²) in [5.41, 5.74) is 3.24. The van der Waals surface area contributed by atoms with Gasteiger partial charge in [-0.05, 0) is 25.6 Å². The number of Topliss-reactive ketones (excluding diaryl/α,β-unsaturated/α-hetero) is 1. The van der Waals surface area contributed by atoms with E-state index in [-0.39, 0.29) is 32.3 Å². The van der Waals surface area contributed by atoms with Crippen molar-refractivity contribution in [1.29, 1.82) is 0 Å². The minimum Gasteiger partial charge on any atom is -0.393 e. The summed E-state index contributed by atoms with van der Waals surface area (Å²) in [6.07, 6.45) is 1.60. The van der Waals surface area contributed by atoms with Crippen molar-refractivity contribution in [3.63, 3.8) is 0 Å². The van der Waals surface area contributed by atoms with E-state index in [0.717, 1.165) is 11.3 Å². The first kappa shape index (κ1) is 19.6. The minimum atomic E-state index is -0.475. The van der Waals surface area contributed by atoms with Crippen LogP contribution in [0, 0.1) is 13.0 Å². The Bertz CT molecular complexity index is 524. The van der Waals surface area contributed by atoms with Gasteiger partial charge in [0.2, 0.25) is 0 Å². The summed E-state index contributed by atoms with van der Waals surface area (Å²) >= 11 is 0. The number of carbonyl (C=O) groups is 1. The van der Waals surface area contributed by atoms with Crippen molar-refractivity contribution in [1.82, 2.24) is 4.98 Å². The zero-order valence-corrected chi connectivity index (χ0v) is 14.9. The van der Waals surface area contributed by atoms with E-state index in [4.69, 9.17) is 5.11 Å². The molecule has 2 rings (SSSR count). The van der Waals surface area contributed by atoms with Gasteiger partial charge in [-0.2, -0.15) is 0 Å². The maximum atomic E-state index is 10.1. The molecule has 0 aliphatic rings. The fourth-order valence-corrected chi connectivity index (χ4v) is 1.60. The van der Waals surface area contributed by atoms with E-state index in [1.165, 1.54) is 12.5 Å². The molecule has 0 saturated heterocycles. The average molecular weight is 463 g/mol. The second-order valence-corrected chi connectivity index (χ2v) is 4.75. The zero-order chi connectivity index (χ0) is 15.0. The van der Waals surface area contributed by atoms with Crippen molar-refractivity contribution in [2.24, 2.45) is 0 Å². The summed E-state index contributed by atoms with van der Waals surface area (Å²) in [6.45, 7) is 5.12. The number of aromatic nitrogens is 1. The first-order chi connectivity index (χ1) is 9.49. The standard InChI is InChI=1S/C12H10N.C5H10O2.Ir/c1-10-5-7-11(8-6-10)12-4-2-3-9-13-12;1-4(6)3-5(2)7;/h2-7,9H,1H3;4,6H,3H2,1-2H3;/q-1;;. The second-order valence-electron chi connectivity index (χ2n) is 4.75. The van der Waals surface area contributed by atoms with Crippen LogP contribution in [0.1, 0.15) is 25.8 Å². The summed E-state index contributed by atoms with van der Waals surface area (Å²) in [7, 11) is 0. The van der Waals surface area contributed by atoms with Crippen LogP contribution in [-0.2, 0) is 24.9 Å². The van der Waals surface area contributed by atoms with Gasteiger partial charge in [0.1, 0.15) is 5.78 Å². The Morgan fingerprint density at radius 1 is 1.33 bits per heavy atom. The molecule has 0 aliphatic heterocycles. The van der Waals surface area contributed by atoms with E-state index >= 15 is 0 Å². The van der Waals surface area contributed by atoms with Gasteiger partial charge < -0.3 is 10.1 Å². The fraction of sp³-hybridized carbons (Fsp3) is 0.294. The topological polar surface area (TPSA) is 50.2 Å². The number of benzene rings is 1. The number of aryl methyl sites for hydroxylation is 1. The molecule has 1 atom stereocenters. The molecule has 1 aromatic carbocycles. The van der Waals surface area contributed by atoms with E-state index in [1.807, 2.05) is 30.3 Å². The van der Waals surface area contributed by atoms with Crippen molar-refractivity contribution in [3.8, 4) is 11.3 Å².